The molecule has 4 heteroatoms. The minimum Gasteiger partial charge on any atom is -0.378 e. The van der Waals surface area contributed by atoms with Crippen molar-refractivity contribution in [3.05, 3.63) is 24.3 Å². The van der Waals surface area contributed by atoms with Crippen molar-refractivity contribution in [2.24, 2.45) is 5.92 Å². The third kappa shape index (κ3) is 3.23. The van der Waals surface area contributed by atoms with Crippen molar-refractivity contribution in [1.82, 2.24) is 5.32 Å². The Balaban J connectivity index is 1.94. The van der Waals surface area contributed by atoms with Crippen molar-refractivity contribution < 1.29 is 4.79 Å². The highest BCUT2D eigenvalue weighted by molar-refractivity contribution is 5.92. The molecule has 0 spiro atoms. The van der Waals surface area contributed by atoms with E-state index in [2.05, 4.69) is 10.6 Å². The molecule has 1 fully saturated rings. The van der Waals surface area contributed by atoms with E-state index in [1.54, 1.807) is 0 Å². The Labute approximate surface area is 108 Å². The van der Waals surface area contributed by atoms with E-state index in [0.29, 0.717) is 0 Å². The van der Waals surface area contributed by atoms with E-state index in [9.17, 15) is 4.79 Å². The number of nitrogens with zero attached hydrogens (tertiary/aromatic N) is 1. The van der Waals surface area contributed by atoms with Gasteiger partial charge in [0.2, 0.25) is 5.91 Å². The van der Waals surface area contributed by atoms with Crippen molar-refractivity contribution in [2.45, 2.75) is 12.8 Å². The molecule has 1 amide bonds. The quantitative estimate of drug-likeness (QED) is 0.854. The molecule has 1 atom stereocenters. The van der Waals surface area contributed by atoms with Crippen LogP contribution in [-0.4, -0.2) is 33.1 Å². The number of carbonyl (C=O) groups is 1. The van der Waals surface area contributed by atoms with Gasteiger partial charge in [0.15, 0.2) is 0 Å². The van der Waals surface area contributed by atoms with Crippen molar-refractivity contribution in [3.63, 3.8) is 0 Å². The summed E-state index contributed by atoms with van der Waals surface area (Å²) in [6.07, 6.45) is 2.06. The van der Waals surface area contributed by atoms with Gasteiger partial charge in [-0.2, -0.15) is 0 Å². The van der Waals surface area contributed by atoms with Crippen molar-refractivity contribution >= 4 is 17.3 Å². The second-order valence-electron chi connectivity index (χ2n) is 4.97. The Bertz CT molecular complexity index is 394. The molecule has 0 radical (unpaired) electrons. The Hall–Kier alpha value is -1.55. The monoisotopic (exact) mass is 247 g/mol. The van der Waals surface area contributed by atoms with Crippen LogP contribution >= 0.6 is 0 Å². The first-order valence-electron chi connectivity index (χ1n) is 6.46. The van der Waals surface area contributed by atoms with E-state index in [0.717, 1.165) is 37.3 Å². The predicted molar refractivity (Wildman–Crippen MR) is 75.0 cm³/mol. The number of benzene rings is 1. The lowest BCUT2D eigenvalue weighted by Gasteiger charge is -2.22. The third-order valence-corrected chi connectivity index (χ3v) is 3.32. The molecule has 2 rings (SSSR count). The van der Waals surface area contributed by atoms with E-state index in [-0.39, 0.29) is 11.8 Å². The number of carbonyl (C=O) groups excluding carboxylic acids is 1. The van der Waals surface area contributed by atoms with Gasteiger partial charge in [-0.25, -0.2) is 0 Å². The first-order chi connectivity index (χ1) is 8.66. The normalized spacial score (nSPS) is 19.3. The summed E-state index contributed by atoms with van der Waals surface area (Å²) in [5, 5.41) is 6.24. The number of amides is 1. The van der Waals surface area contributed by atoms with E-state index in [1.807, 2.05) is 43.3 Å². The lowest BCUT2D eigenvalue weighted by atomic mass is 9.99. The molecule has 4 nitrogen and oxygen atoms in total. The standard InChI is InChI=1S/C14H21N3O/c1-17(2)13-7-5-12(6-8-13)16-14(18)11-4-3-9-15-10-11/h5-8,11,15H,3-4,9-10H2,1-2H3,(H,16,18)/t11-/m0/s1. The minimum absolute atomic E-state index is 0.104. The van der Waals surface area contributed by atoms with Crippen LogP contribution in [-0.2, 0) is 4.79 Å². The average molecular weight is 247 g/mol. The van der Waals surface area contributed by atoms with Gasteiger partial charge in [0, 0.05) is 32.0 Å². The highest BCUT2D eigenvalue weighted by atomic mass is 16.1. The summed E-state index contributed by atoms with van der Waals surface area (Å²) in [7, 11) is 4.00. The predicted octanol–water partition coefficient (Wildman–Crippen LogP) is 1.69. The Morgan fingerprint density at radius 3 is 2.61 bits per heavy atom. The van der Waals surface area contributed by atoms with E-state index in [1.165, 1.54) is 0 Å². The van der Waals surface area contributed by atoms with Crippen LogP contribution in [0.1, 0.15) is 12.8 Å². The van der Waals surface area contributed by atoms with Gasteiger partial charge in [-0.3, -0.25) is 4.79 Å². The zero-order chi connectivity index (χ0) is 13.0. The molecule has 1 aliphatic rings. The smallest absolute Gasteiger partial charge is 0.228 e. The zero-order valence-corrected chi connectivity index (χ0v) is 11.1. The lowest BCUT2D eigenvalue weighted by molar-refractivity contribution is -0.120. The van der Waals surface area contributed by atoms with Crippen molar-refractivity contribution in [3.8, 4) is 0 Å². The number of piperidine rings is 1. The van der Waals surface area contributed by atoms with E-state index < -0.39 is 0 Å². The minimum atomic E-state index is 0.104. The Kier molecular flexibility index (Phi) is 4.20. The molecule has 1 aliphatic heterocycles. The van der Waals surface area contributed by atoms with Crippen LogP contribution in [0.2, 0.25) is 0 Å². The first kappa shape index (κ1) is 12.9. The van der Waals surface area contributed by atoms with Crippen LogP contribution in [0.5, 0.6) is 0 Å². The molecule has 98 valence electrons. The maximum Gasteiger partial charge on any atom is 0.228 e. The van der Waals surface area contributed by atoms with E-state index >= 15 is 0 Å². The largest absolute Gasteiger partial charge is 0.378 e. The molecule has 0 aliphatic carbocycles. The van der Waals surface area contributed by atoms with Crippen molar-refractivity contribution in [1.29, 1.82) is 0 Å². The summed E-state index contributed by atoms with van der Waals surface area (Å²) in [5.41, 5.74) is 2.00. The van der Waals surface area contributed by atoms with Gasteiger partial charge in [-0.1, -0.05) is 0 Å². The summed E-state index contributed by atoms with van der Waals surface area (Å²) < 4.78 is 0. The molecule has 1 heterocycles. The first-order valence-corrected chi connectivity index (χ1v) is 6.46. The zero-order valence-electron chi connectivity index (χ0n) is 11.1. The molecule has 1 aromatic rings. The molecular formula is C14H21N3O. The second kappa shape index (κ2) is 5.87. The molecule has 1 saturated heterocycles. The number of nitrogens with one attached hydrogen (secondary N) is 2. The van der Waals surface area contributed by atoms with Crippen molar-refractivity contribution in [2.75, 3.05) is 37.4 Å². The number of anilines is 2. The van der Waals surface area contributed by atoms with E-state index in [4.69, 9.17) is 0 Å². The SMILES string of the molecule is CN(C)c1ccc(NC(=O)[C@H]2CCCNC2)cc1. The van der Waals surface area contributed by atoms with Gasteiger partial charge in [0.25, 0.3) is 0 Å². The summed E-state index contributed by atoms with van der Waals surface area (Å²) in [4.78, 5) is 14.1. The van der Waals surface area contributed by atoms with Gasteiger partial charge in [0.05, 0.1) is 5.92 Å². The fourth-order valence-electron chi connectivity index (χ4n) is 2.16. The number of rotatable bonds is 3. The van der Waals surface area contributed by atoms with Gasteiger partial charge in [-0.15, -0.1) is 0 Å². The van der Waals surface area contributed by atoms with Gasteiger partial charge in [0.1, 0.15) is 0 Å². The molecule has 0 aromatic heterocycles. The molecule has 2 N–H and O–H groups in total. The third-order valence-electron chi connectivity index (χ3n) is 3.32. The number of hydrogen-bond donors (Lipinski definition) is 2. The van der Waals surface area contributed by atoms with Crippen LogP contribution in [0.4, 0.5) is 11.4 Å². The van der Waals surface area contributed by atoms with Gasteiger partial charge < -0.3 is 15.5 Å². The molecule has 0 saturated carbocycles. The highest BCUT2D eigenvalue weighted by Gasteiger charge is 2.20. The molecular weight excluding hydrogens is 226 g/mol. The molecule has 1 aromatic carbocycles. The second-order valence-corrected chi connectivity index (χ2v) is 4.97. The van der Waals surface area contributed by atoms with Gasteiger partial charge >= 0.3 is 0 Å². The van der Waals surface area contributed by atoms with Crippen LogP contribution in [0, 0.1) is 5.92 Å². The van der Waals surface area contributed by atoms with Crippen LogP contribution in [0.15, 0.2) is 24.3 Å². The Morgan fingerprint density at radius 1 is 1.33 bits per heavy atom. The fraction of sp³-hybridized carbons (Fsp3) is 0.500. The lowest BCUT2D eigenvalue weighted by Crippen LogP contribution is -2.37. The van der Waals surface area contributed by atoms with Crippen LogP contribution in [0.25, 0.3) is 0 Å². The summed E-state index contributed by atoms with van der Waals surface area (Å²) in [6, 6.07) is 7.91. The molecule has 0 unspecified atom stereocenters. The Morgan fingerprint density at radius 2 is 2.06 bits per heavy atom. The van der Waals surface area contributed by atoms with Gasteiger partial charge in [-0.05, 0) is 43.7 Å². The number of hydrogen-bond acceptors (Lipinski definition) is 3. The van der Waals surface area contributed by atoms with Crippen LogP contribution < -0.4 is 15.5 Å². The maximum absolute atomic E-state index is 12.0. The molecule has 18 heavy (non-hydrogen) atoms. The topological polar surface area (TPSA) is 44.4 Å². The average Bonchev–Trinajstić information content (AvgIpc) is 2.40. The molecule has 0 bridgehead atoms. The summed E-state index contributed by atoms with van der Waals surface area (Å²) >= 11 is 0. The summed E-state index contributed by atoms with van der Waals surface area (Å²) in [5.74, 6) is 0.229. The summed E-state index contributed by atoms with van der Waals surface area (Å²) in [6.45, 7) is 1.82. The van der Waals surface area contributed by atoms with Crippen LogP contribution in [0.3, 0.4) is 0 Å². The fourth-order valence-corrected chi connectivity index (χ4v) is 2.16. The highest BCUT2D eigenvalue weighted by Crippen LogP contribution is 2.18. The maximum atomic E-state index is 12.0.